The molecule has 0 spiro atoms. The average molecular weight is 297 g/mol. The topological polar surface area (TPSA) is 90.0 Å². The number of nitrogens with zero attached hydrogens (tertiary/aromatic N) is 2. The highest BCUT2D eigenvalue weighted by Gasteiger charge is 2.40. The molecule has 7 heteroatoms. The normalized spacial score (nSPS) is 26.1. The van der Waals surface area contributed by atoms with Gasteiger partial charge in [0, 0.05) is 25.7 Å². The van der Waals surface area contributed by atoms with E-state index >= 15 is 0 Å². The molecule has 3 amide bonds. The average Bonchev–Trinajstić information content (AvgIpc) is 2.89. The zero-order valence-corrected chi connectivity index (χ0v) is 12.5. The molecule has 0 aromatic heterocycles. The van der Waals surface area contributed by atoms with Gasteiger partial charge in [-0.2, -0.15) is 0 Å². The van der Waals surface area contributed by atoms with Crippen LogP contribution in [0.4, 0.5) is 4.79 Å². The highest BCUT2D eigenvalue weighted by Crippen LogP contribution is 2.26. The molecule has 2 saturated heterocycles. The summed E-state index contributed by atoms with van der Waals surface area (Å²) in [6.45, 7) is 5.58. The van der Waals surface area contributed by atoms with Crippen LogP contribution in [0.5, 0.6) is 0 Å². The first kappa shape index (κ1) is 15.6. The van der Waals surface area contributed by atoms with Crippen LogP contribution in [0.1, 0.15) is 33.1 Å². The van der Waals surface area contributed by atoms with Crippen molar-refractivity contribution in [1.29, 1.82) is 0 Å². The Morgan fingerprint density at radius 3 is 2.67 bits per heavy atom. The molecule has 2 unspecified atom stereocenters. The van der Waals surface area contributed by atoms with Crippen LogP contribution < -0.4 is 5.32 Å². The summed E-state index contributed by atoms with van der Waals surface area (Å²) in [7, 11) is 0. The highest BCUT2D eigenvalue weighted by atomic mass is 16.4. The second-order valence-electron chi connectivity index (χ2n) is 6.03. The van der Waals surface area contributed by atoms with E-state index in [1.807, 2.05) is 0 Å². The van der Waals surface area contributed by atoms with Crippen molar-refractivity contribution in [1.82, 2.24) is 15.1 Å². The molecule has 0 saturated carbocycles. The van der Waals surface area contributed by atoms with Gasteiger partial charge >= 0.3 is 12.0 Å². The summed E-state index contributed by atoms with van der Waals surface area (Å²) in [4.78, 5) is 38.8. The molecule has 21 heavy (non-hydrogen) atoms. The van der Waals surface area contributed by atoms with E-state index < -0.39 is 12.0 Å². The summed E-state index contributed by atoms with van der Waals surface area (Å²) >= 11 is 0. The molecule has 0 bridgehead atoms. The SMILES string of the molecule is CC(C)C1CCCN1C(=O)N1CCNC(=O)C1CC(=O)O. The largest absolute Gasteiger partial charge is 0.481 e. The quantitative estimate of drug-likeness (QED) is 0.794. The summed E-state index contributed by atoms with van der Waals surface area (Å²) in [6, 6.07) is -0.933. The lowest BCUT2D eigenvalue weighted by atomic mass is 10.0. The molecule has 0 aromatic carbocycles. The van der Waals surface area contributed by atoms with Crippen molar-refractivity contribution in [3.05, 3.63) is 0 Å². The number of aliphatic carboxylic acids is 1. The number of amides is 3. The maximum absolute atomic E-state index is 12.7. The Kier molecular flexibility index (Phi) is 4.69. The highest BCUT2D eigenvalue weighted by molar-refractivity contribution is 5.91. The van der Waals surface area contributed by atoms with Gasteiger partial charge in [-0.05, 0) is 18.8 Å². The number of carbonyl (C=O) groups is 3. The van der Waals surface area contributed by atoms with Crippen LogP contribution in [-0.2, 0) is 9.59 Å². The number of carboxylic acids is 1. The number of rotatable bonds is 3. The van der Waals surface area contributed by atoms with E-state index in [-0.39, 0.29) is 24.4 Å². The Labute approximate surface area is 124 Å². The van der Waals surface area contributed by atoms with Gasteiger partial charge in [0.1, 0.15) is 6.04 Å². The number of likely N-dealkylation sites (tertiary alicyclic amines) is 1. The smallest absolute Gasteiger partial charge is 0.321 e. The molecule has 0 radical (unpaired) electrons. The van der Waals surface area contributed by atoms with Crippen molar-refractivity contribution in [3.63, 3.8) is 0 Å². The zero-order chi connectivity index (χ0) is 15.6. The van der Waals surface area contributed by atoms with Crippen LogP contribution in [0, 0.1) is 5.92 Å². The number of urea groups is 1. The lowest BCUT2D eigenvalue weighted by Crippen LogP contribution is -2.61. The van der Waals surface area contributed by atoms with Gasteiger partial charge in [-0.15, -0.1) is 0 Å². The van der Waals surface area contributed by atoms with Crippen LogP contribution in [0.25, 0.3) is 0 Å². The Hall–Kier alpha value is -1.79. The molecule has 7 nitrogen and oxygen atoms in total. The number of hydrogen-bond acceptors (Lipinski definition) is 3. The third kappa shape index (κ3) is 3.28. The van der Waals surface area contributed by atoms with Gasteiger partial charge in [0.05, 0.1) is 6.42 Å². The molecule has 0 aromatic rings. The molecule has 118 valence electrons. The molecule has 2 aliphatic rings. The van der Waals surface area contributed by atoms with Gasteiger partial charge in [0.15, 0.2) is 0 Å². The summed E-state index contributed by atoms with van der Waals surface area (Å²) in [6.07, 6.45) is 1.57. The van der Waals surface area contributed by atoms with Crippen molar-refractivity contribution in [2.75, 3.05) is 19.6 Å². The summed E-state index contributed by atoms with van der Waals surface area (Å²) < 4.78 is 0. The molecule has 0 aliphatic carbocycles. The first-order chi connectivity index (χ1) is 9.91. The van der Waals surface area contributed by atoms with Gasteiger partial charge in [-0.25, -0.2) is 4.79 Å². The standard InChI is InChI=1S/C14H23N3O4/c1-9(2)10-4-3-6-16(10)14(21)17-7-5-15-13(20)11(17)8-12(18)19/h9-11H,3-8H2,1-2H3,(H,15,20)(H,18,19). The first-order valence-corrected chi connectivity index (χ1v) is 7.48. The Morgan fingerprint density at radius 1 is 1.33 bits per heavy atom. The zero-order valence-electron chi connectivity index (χ0n) is 12.5. The lowest BCUT2D eigenvalue weighted by molar-refractivity contribution is -0.142. The van der Waals surface area contributed by atoms with E-state index in [0.717, 1.165) is 12.8 Å². The fourth-order valence-corrected chi connectivity index (χ4v) is 3.20. The third-order valence-electron chi connectivity index (χ3n) is 4.26. The minimum atomic E-state index is -1.07. The second-order valence-corrected chi connectivity index (χ2v) is 6.03. The number of nitrogens with one attached hydrogen (secondary N) is 1. The van der Waals surface area contributed by atoms with Crippen molar-refractivity contribution in [3.8, 4) is 0 Å². The number of carboxylic acid groups (broad SMARTS) is 1. The van der Waals surface area contributed by atoms with Gasteiger partial charge in [-0.3, -0.25) is 9.59 Å². The molecule has 2 N–H and O–H groups in total. The van der Waals surface area contributed by atoms with Crippen molar-refractivity contribution >= 4 is 17.9 Å². The minimum absolute atomic E-state index is 0.174. The minimum Gasteiger partial charge on any atom is -0.481 e. The molecule has 2 heterocycles. The number of hydrogen-bond donors (Lipinski definition) is 2. The van der Waals surface area contributed by atoms with E-state index in [1.54, 1.807) is 4.90 Å². The van der Waals surface area contributed by atoms with Gasteiger partial charge in [-0.1, -0.05) is 13.8 Å². The Bertz CT molecular complexity index is 438. The fourth-order valence-electron chi connectivity index (χ4n) is 3.20. The van der Waals surface area contributed by atoms with Gasteiger partial charge in [0.25, 0.3) is 0 Å². The van der Waals surface area contributed by atoms with E-state index in [4.69, 9.17) is 5.11 Å². The summed E-state index contributed by atoms with van der Waals surface area (Å²) in [5.74, 6) is -1.10. The Balaban J connectivity index is 2.15. The predicted octanol–water partition coefficient (Wildman–Crippen LogP) is 0.502. The summed E-state index contributed by atoms with van der Waals surface area (Å²) in [5.41, 5.74) is 0. The van der Waals surface area contributed by atoms with Crippen molar-refractivity contribution in [2.45, 2.75) is 45.2 Å². The molecular formula is C14H23N3O4. The van der Waals surface area contributed by atoms with Crippen molar-refractivity contribution in [2.24, 2.45) is 5.92 Å². The van der Waals surface area contributed by atoms with Crippen LogP contribution in [0.2, 0.25) is 0 Å². The number of piperazine rings is 1. The summed E-state index contributed by atoms with van der Waals surface area (Å²) in [5, 5.41) is 11.6. The van der Waals surface area contributed by atoms with Crippen LogP contribution in [0.15, 0.2) is 0 Å². The number of carbonyl (C=O) groups excluding carboxylic acids is 2. The molecule has 2 fully saturated rings. The van der Waals surface area contributed by atoms with E-state index in [1.165, 1.54) is 4.90 Å². The maximum Gasteiger partial charge on any atom is 0.321 e. The molecule has 2 aliphatic heterocycles. The van der Waals surface area contributed by atoms with Crippen LogP contribution in [0.3, 0.4) is 0 Å². The van der Waals surface area contributed by atoms with Crippen molar-refractivity contribution < 1.29 is 19.5 Å². The second kappa shape index (κ2) is 6.32. The predicted molar refractivity (Wildman–Crippen MR) is 75.7 cm³/mol. The fraction of sp³-hybridized carbons (Fsp3) is 0.786. The molecular weight excluding hydrogens is 274 g/mol. The van der Waals surface area contributed by atoms with E-state index in [2.05, 4.69) is 19.2 Å². The maximum atomic E-state index is 12.7. The molecule has 2 atom stereocenters. The first-order valence-electron chi connectivity index (χ1n) is 7.48. The van der Waals surface area contributed by atoms with E-state index in [0.29, 0.717) is 25.6 Å². The monoisotopic (exact) mass is 297 g/mol. The third-order valence-corrected chi connectivity index (χ3v) is 4.26. The van der Waals surface area contributed by atoms with Crippen LogP contribution in [-0.4, -0.2) is 64.5 Å². The van der Waals surface area contributed by atoms with Gasteiger partial charge < -0.3 is 20.2 Å². The van der Waals surface area contributed by atoms with Gasteiger partial charge in [0.2, 0.25) is 5.91 Å². The molecule has 2 rings (SSSR count). The lowest BCUT2D eigenvalue weighted by Gasteiger charge is -2.39. The Morgan fingerprint density at radius 2 is 2.05 bits per heavy atom. The van der Waals surface area contributed by atoms with E-state index in [9.17, 15) is 14.4 Å². The van der Waals surface area contributed by atoms with Crippen LogP contribution >= 0.6 is 0 Å².